The average Bonchev–Trinajstić information content (AvgIpc) is 2.41. The van der Waals surface area contributed by atoms with Crippen LogP contribution in [0.3, 0.4) is 0 Å². The van der Waals surface area contributed by atoms with Crippen molar-refractivity contribution < 1.29 is 0 Å². The molecule has 0 aliphatic carbocycles. The maximum atomic E-state index is 5.94. The number of anilines is 1. The molecule has 0 atom stereocenters. The van der Waals surface area contributed by atoms with Gasteiger partial charge in [-0.15, -0.1) is 0 Å². The van der Waals surface area contributed by atoms with Crippen molar-refractivity contribution in [3.8, 4) is 0 Å². The zero-order valence-electron chi connectivity index (χ0n) is 10.3. The van der Waals surface area contributed by atoms with E-state index < -0.39 is 0 Å². The maximum absolute atomic E-state index is 5.94. The van der Waals surface area contributed by atoms with Crippen LogP contribution in [0.5, 0.6) is 0 Å². The molecule has 2 aromatic rings. The van der Waals surface area contributed by atoms with Gasteiger partial charge in [0.25, 0.3) is 0 Å². The van der Waals surface area contributed by atoms with E-state index in [0.717, 1.165) is 37.4 Å². The number of benzene rings is 1. The molecule has 2 N–H and O–H groups in total. The highest BCUT2D eigenvalue weighted by Gasteiger charge is 2.16. The van der Waals surface area contributed by atoms with Crippen LogP contribution in [0.4, 0.5) is 5.69 Å². The predicted molar refractivity (Wildman–Crippen MR) is 72.9 cm³/mol. The lowest BCUT2D eigenvalue weighted by Gasteiger charge is -2.28. The Kier molecular flexibility index (Phi) is 2.99. The molecule has 1 aliphatic rings. The largest absolute Gasteiger partial charge is 0.397 e. The smallest absolute Gasteiger partial charge is 0.0772 e. The van der Waals surface area contributed by atoms with E-state index in [2.05, 4.69) is 34.1 Å². The van der Waals surface area contributed by atoms with Gasteiger partial charge in [-0.2, -0.15) is 0 Å². The van der Waals surface area contributed by atoms with Crippen LogP contribution in [0.2, 0.25) is 0 Å². The zero-order chi connectivity index (χ0) is 12.4. The molecule has 0 saturated carbocycles. The Hall–Kier alpha value is -1.87. The number of nitrogens with two attached hydrogens (primary N) is 1. The minimum absolute atomic E-state index is 0.788. The average molecular weight is 239 g/mol. The van der Waals surface area contributed by atoms with Crippen molar-refractivity contribution in [3.05, 3.63) is 59.4 Å². The molecular weight excluding hydrogens is 222 g/mol. The summed E-state index contributed by atoms with van der Waals surface area (Å²) in [5.74, 6) is 0. The lowest BCUT2D eigenvalue weighted by atomic mass is 10.00. The van der Waals surface area contributed by atoms with Crippen molar-refractivity contribution in [1.29, 1.82) is 0 Å². The van der Waals surface area contributed by atoms with Gasteiger partial charge in [-0.1, -0.05) is 24.3 Å². The summed E-state index contributed by atoms with van der Waals surface area (Å²) in [6, 6.07) is 12.5. The standard InChI is InChI=1S/C15H17N3/c16-14-6-3-8-17-15(14)11-18-9-7-12-4-1-2-5-13(12)10-18/h1-6,8H,7,9-11,16H2. The molecule has 3 rings (SSSR count). The van der Waals surface area contributed by atoms with Crippen molar-refractivity contribution in [2.24, 2.45) is 0 Å². The molecule has 3 heteroatoms. The summed E-state index contributed by atoms with van der Waals surface area (Å²) in [6.45, 7) is 2.90. The highest BCUT2D eigenvalue weighted by Crippen LogP contribution is 2.20. The van der Waals surface area contributed by atoms with Gasteiger partial charge in [-0.3, -0.25) is 9.88 Å². The fraction of sp³-hybridized carbons (Fsp3) is 0.267. The third kappa shape index (κ3) is 2.22. The first-order valence-corrected chi connectivity index (χ1v) is 6.31. The van der Waals surface area contributed by atoms with E-state index in [9.17, 15) is 0 Å². The number of hydrogen-bond acceptors (Lipinski definition) is 3. The van der Waals surface area contributed by atoms with Crippen molar-refractivity contribution in [1.82, 2.24) is 9.88 Å². The van der Waals surface area contributed by atoms with E-state index in [-0.39, 0.29) is 0 Å². The van der Waals surface area contributed by atoms with Crippen molar-refractivity contribution >= 4 is 5.69 Å². The van der Waals surface area contributed by atoms with E-state index >= 15 is 0 Å². The topological polar surface area (TPSA) is 42.1 Å². The van der Waals surface area contributed by atoms with Crippen LogP contribution in [-0.4, -0.2) is 16.4 Å². The molecular formula is C15H17N3. The Morgan fingerprint density at radius 1 is 1.11 bits per heavy atom. The van der Waals surface area contributed by atoms with Crippen molar-refractivity contribution in [3.63, 3.8) is 0 Å². The van der Waals surface area contributed by atoms with E-state index in [1.807, 2.05) is 18.3 Å². The van der Waals surface area contributed by atoms with Crippen LogP contribution in [0.15, 0.2) is 42.6 Å². The Morgan fingerprint density at radius 3 is 2.78 bits per heavy atom. The second-order valence-corrected chi connectivity index (χ2v) is 4.77. The van der Waals surface area contributed by atoms with Crippen molar-refractivity contribution in [2.75, 3.05) is 12.3 Å². The van der Waals surface area contributed by atoms with E-state index in [1.165, 1.54) is 11.1 Å². The summed E-state index contributed by atoms with van der Waals surface area (Å²) >= 11 is 0. The first-order valence-electron chi connectivity index (χ1n) is 6.31. The van der Waals surface area contributed by atoms with Crippen LogP contribution >= 0.6 is 0 Å². The molecule has 1 aliphatic heterocycles. The van der Waals surface area contributed by atoms with Gasteiger partial charge >= 0.3 is 0 Å². The lowest BCUT2D eigenvalue weighted by molar-refractivity contribution is 0.243. The number of rotatable bonds is 2. The van der Waals surface area contributed by atoms with Gasteiger partial charge in [0.15, 0.2) is 0 Å². The van der Waals surface area contributed by atoms with Crippen LogP contribution in [-0.2, 0) is 19.5 Å². The fourth-order valence-electron chi connectivity index (χ4n) is 2.48. The maximum Gasteiger partial charge on any atom is 0.0772 e. The molecule has 0 radical (unpaired) electrons. The van der Waals surface area contributed by atoms with Crippen LogP contribution in [0.25, 0.3) is 0 Å². The summed E-state index contributed by atoms with van der Waals surface area (Å²) in [5, 5.41) is 0. The minimum atomic E-state index is 0.788. The number of fused-ring (bicyclic) bond motifs is 1. The van der Waals surface area contributed by atoms with Gasteiger partial charge in [-0.25, -0.2) is 0 Å². The number of nitrogen functional groups attached to an aromatic ring is 1. The molecule has 0 amide bonds. The van der Waals surface area contributed by atoms with Crippen LogP contribution in [0, 0.1) is 0 Å². The van der Waals surface area contributed by atoms with E-state index in [4.69, 9.17) is 5.73 Å². The molecule has 18 heavy (non-hydrogen) atoms. The van der Waals surface area contributed by atoms with E-state index in [0.29, 0.717) is 0 Å². The summed E-state index contributed by atoms with van der Waals surface area (Å²) in [5.41, 5.74) is 10.6. The summed E-state index contributed by atoms with van der Waals surface area (Å²) in [6.07, 6.45) is 2.92. The fourth-order valence-corrected chi connectivity index (χ4v) is 2.48. The molecule has 1 aromatic heterocycles. The van der Waals surface area contributed by atoms with Gasteiger partial charge in [0.1, 0.15) is 0 Å². The quantitative estimate of drug-likeness (QED) is 0.873. The normalized spacial score (nSPS) is 15.3. The number of hydrogen-bond donors (Lipinski definition) is 1. The molecule has 92 valence electrons. The first kappa shape index (κ1) is 11.2. The number of nitrogens with zero attached hydrogens (tertiary/aromatic N) is 2. The second kappa shape index (κ2) is 4.78. The third-order valence-electron chi connectivity index (χ3n) is 3.51. The van der Waals surface area contributed by atoms with E-state index in [1.54, 1.807) is 0 Å². The molecule has 1 aromatic carbocycles. The molecule has 0 saturated heterocycles. The summed E-state index contributed by atoms with van der Waals surface area (Å²) in [4.78, 5) is 6.77. The summed E-state index contributed by atoms with van der Waals surface area (Å²) < 4.78 is 0. The Morgan fingerprint density at radius 2 is 1.94 bits per heavy atom. The van der Waals surface area contributed by atoms with Gasteiger partial charge in [-0.05, 0) is 29.7 Å². The molecule has 0 spiro atoms. The number of aromatic nitrogens is 1. The van der Waals surface area contributed by atoms with Gasteiger partial charge in [0.2, 0.25) is 0 Å². The number of pyridine rings is 1. The third-order valence-corrected chi connectivity index (χ3v) is 3.51. The lowest BCUT2D eigenvalue weighted by Crippen LogP contribution is -2.30. The SMILES string of the molecule is Nc1cccnc1CN1CCc2ccccc2C1. The van der Waals surface area contributed by atoms with Gasteiger partial charge < -0.3 is 5.73 Å². The molecule has 3 nitrogen and oxygen atoms in total. The van der Waals surface area contributed by atoms with Crippen LogP contribution < -0.4 is 5.73 Å². The van der Waals surface area contributed by atoms with Gasteiger partial charge in [0, 0.05) is 25.8 Å². The molecule has 0 fully saturated rings. The zero-order valence-corrected chi connectivity index (χ0v) is 10.3. The second-order valence-electron chi connectivity index (χ2n) is 4.77. The van der Waals surface area contributed by atoms with Crippen molar-refractivity contribution in [2.45, 2.75) is 19.5 Å². The highest BCUT2D eigenvalue weighted by atomic mass is 15.1. The predicted octanol–water partition coefficient (Wildman–Crippen LogP) is 2.22. The molecule has 0 bridgehead atoms. The Labute approximate surface area is 107 Å². The molecule has 2 heterocycles. The van der Waals surface area contributed by atoms with Crippen LogP contribution in [0.1, 0.15) is 16.8 Å². The highest BCUT2D eigenvalue weighted by molar-refractivity contribution is 5.42. The Balaban J connectivity index is 1.75. The minimum Gasteiger partial charge on any atom is -0.397 e. The monoisotopic (exact) mass is 239 g/mol. The summed E-state index contributed by atoms with van der Waals surface area (Å²) in [7, 11) is 0. The van der Waals surface area contributed by atoms with Gasteiger partial charge in [0.05, 0.1) is 11.4 Å². The molecule has 0 unspecified atom stereocenters. The Bertz CT molecular complexity index is 551. The first-order chi connectivity index (χ1) is 8.83.